The number of nitrogens with one attached hydrogen (secondary N) is 1. The molecule has 0 fully saturated rings. The normalized spacial score (nSPS) is 10.3. The van der Waals surface area contributed by atoms with Crippen LogP contribution in [0.5, 0.6) is 23.0 Å². The zero-order valence-corrected chi connectivity index (χ0v) is 15.8. The number of hydrogen-bond acceptors (Lipinski definition) is 7. The van der Waals surface area contributed by atoms with Crippen LogP contribution in [0.25, 0.3) is 11.3 Å². The summed E-state index contributed by atoms with van der Waals surface area (Å²) >= 11 is 1.51. The van der Waals surface area contributed by atoms with Crippen LogP contribution in [0.3, 0.4) is 0 Å². The summed E-state index contributed by atoms with van der Waals surface area (Å²) in [5, 5.41) is 6.03. The Morgan fingerprint density at radius 2 is 1.58 bits per heavy atom. The Balaban J connectivity index is 1.85. The molecule has 0 aliphatic heterocycles. The van der Waals surface area contributed by atoms with Crippen LogP contribution in [0.15, 0.2) is 41.8 Å². The van der Waals surface area contributed by atoms with Gasteiger partial charge in [0.1, 0.15) is 11.5 Å². The Morgan fingerprint density at radius 3 is 2.27 bits per heavy atom. The van der Waals surface area contributed by atoms with Crippen molar-refractivity contribution in [2.24, 2.45) is 0 Å². The van der Waals surface area contributed by atoms with Gasteiger partial charge in [-0.1, -0.05) is 0 Å². The van der Waals surface area contributed by atoms with Crippen LogP contribution >= 0.6 is 11.3 Å². The lowest BCUT2D eigenvalue weighted by atomic mass is 10.1. The highest BCUT2D eigenvalue weighted by atomic mass is 32.1. The predicted molar refractivity (Wildman–Crippen MR) is 103 cm³/mol. The van der Waals surface area contributed by atoms with Crippen molar-refractivity contribution < 1.29 is 18.9 Å². The van der Waals surface area contributed by atoms with E-state index in [1.54, 1.807) is 28.4 Å². The zero-order valence-electron chi connectivity index (χ0n) is 15.0. The SMILES string of the molecule is COc1ccc(Nc2nc(-c3ccc(OC)c(OC)c3)cs2)c(OC)c1. The average molecular weight is 372 g/mol. The minimum absolute atomic E-state index is 0.671. The van der Waals surface area contributed by atoms with Crippen LogP contribution in [0.2, 0.25) is 0 Å². The Morgan fingerprint density at radius 1 is 0.808 bits per heavy atom. The lowest BCUT2D eigenvalue weighted by molar-refractivity contribution is 0.355. The van der Waals surface area contributed by atoms with Crippen molar-refractivity contribution in [3.63, 3.8) is 0 Å². The van der Waals surface area contributed by atoms with E-state index in [1.165, 1.54) is 11.3 Å². The monoisotopic (exact) mass is 372 g/mol. The maximum absolute atomic E-state index is 5.41. The fraction of sp³-hybridized carbons (Fsp3) is 0.211. The molecule has 0 saturated carbocycles. The molecule has 7 heteroatoms. The predicted octanol–water partition coefficient (Wildman–Crippen LogP) is 4.59. The molecule has 0 aliphatic rings. The summed E-state index contributed by atoms with van der Waals surface area (Å²) in [6.07, 6.45) is 0. The van der Waals surface area contributed by atoms with Crippen LogP contribution in [0.4, 0.5) is 10.8 Å². The lowest BCUT2D eigenvalue weighted by Gasteiger charge is -2.10. The Labute approximate surface area is 156 Å². The fourth-order valence-corrected chi connectivity index (χ4v) is 3.21. The number of methoxy groups -OCH3 is 4. The molecule has 3 rings (SSSR count). The fourth-order valence-electron chi connectivity index (χ4n) is 2.48. The van der Waals surface area contributed by atoms with Crippen molar-refractivity contribution in [1.82, 2.24) is 4.98 Å². The zero-order chi connectivity index (χ0) is 18.5. The van der Waals surface area contributed by atoms with Crippen molar-refractivity contribution in [1.29, 1.82) is 0 Å². The number of rotatable bonds is 7. The molecule has 0 amide bonds. The van der Waals surface area contributed by atoms with Crippen LogP contribution in [-0.4, -0.2) is 33.4 Å². The van der Waals surface area contributed by atoms with Gasteiger partial charge in [0.05, 0.1) is 39.8 Å². The summed E-state index contributed by atoms with van der Waals surface area (Å²) in [5.74, 6) is 2.78. The number of nitrogens with zero attached hydrogens (tertiary/aromatic N) is 1. The van der Waals surface area contributed by atoms with E-state index in [1.807, 2.05) is 41.8 Å². The largest absolute Gasteiger partial charge is 0.497 e. The van der Waals surface area contributed by atoms with E-state index in [0.717, 1.165) is 27.8 Å². The average Bonchev–Trinajstić information content (AvgIpc) is 3.16. The Hall–Kier alpha value is -2.93. The minimum atomic E-state index is 0.671. The molecular weight excluding hydrogens is 352 g/mol. The number of benzene rings is 2. The summed E-state index contributed by atoms with van der Waals surface area (Å²) in [5.41, 5.74) is 2.63. The molecule has 1 aromatic heterocycles. The van der Waals surface area contributed by atoms with Crippen molar-refractivity contribution in [2.45, 2.75) is 0 Å². The maximum atomic E-state index is 5.41. The smallest absolute Gasteiger partial charge is 0.187 e. The molecule has 6 nitrogen and oxygen atoms in total. The van der Waals surface area contributed by atoms with Crippen LogP contribution in [0, 0.1) is 0 Å². The third kappa shape index (κ3) is 3.67. The van der Waals surface area contributed by atoms with Gasteiger partial charge in [0.25, 0.3) is 0 Å². The van der Waals surface area contributed by atoms with E-state index < -0.39 is 0 Å². The molecule has 0 aliphatic carbocycles. The van der Waals surface area contributed by atoms with E-state index in [0.29, 0.717) is 17.2 Å². The van der Waals surface area contributed by atoms with Crippen LogP contribution in [-0.2, 0) is 0 Å². The van der Waals surface area contributed by atoms with Gasteiger partial charge in [-0.3, -0.25) is 0 Å². The van der Waals surface area contributed by atoms with Crippen molar-refractivity contribution in [3.8, 4) is 34.3 Å². The first-order chi connectivity index (χ1) is 12.7. The number of aromatic nitrogens is 1. The molecule has 136 valence electrons. The standard InChI is InChI=1S/C19H20N2O4S/c1-22-13-6-7-14(17(10-13)24-3)20-19-21-15(11-26-19)12-5-8-16(23-2)18(9-12)25-4/h5-11H,1-4H3,(H,20,21). The van der Waals surface area contributed by atoms with E-state index >= 15 is 0 Å². The number of anilines is 2. The molecule has 0 saturated heterocycles. The quantitative estimate of drug-likeness (QED) is 0.655. The molecule has 26 heavy (non-hydrogen) atoms. The summed E-state index contributed by atoms with van der Waals surface area (Å²) in [4.78, 5) is 4.65. The highest BCUT2D eigenvalue weighted by molar-refractivity contribution is 7.14. The summed E-state index contributed by atoms with van der Waals surface area (Å²) < 4.78 is 21.3. The Kier molecular flexibility index (Phi) is 5.48. The second kappa shape index (κ2) is 7.97. The minimum Gasteiger partial charge on any atom is -0.497 e. The Bertz CT molecular complexity index is 895. The van der Waals surface area contributed by atoms with E-state index in [2.05, 4.69) is 10.3 Å². The van der Waals surface area contributed by atoms with Gasteiger partial charge in [-0.05, 0) is 30.3 Å². The molecule has 0 bridgehead atoms. The van der Waals surface area contributed by atoms with Gasteiger partial charge in [0.2, 0.25) is 0 Å². The first-order valence-corrected chi connectivity index (χ1v) is 8.73. The third-order valence-corrected chi connectivity index (χ3v) is 4.59. The van der Waals surface area contributed by atoms with Gasteiger partial charge >= 0.3 is 0 Å². The van der Waals surface area contributed by atoms with Gasteiger partial charge < -0.3 is 24.3 Å². The van der Waals surface area contributed by atoms with Gasteiger partial charge in [-0.15, -0.1) is 11.3 Å². The van der Waals surface area contributed by atoms with Crippen molar-refractivity contribution in [3.05, 3.63) is 41.8 Å². The van der Waals surface area contributed by atoms with Gasteiger partial charge in [-0.2, -0.15) is 0 Å². The molecule has 0 atom stereocenters. The number of hydrogen-bond donors (Lipinski definition) is 1. The second-order valence-electron chi connectivity index (χ2n) is 5.30. The van der Waals surface area contributed by atoms with E-state index in [-0.39, 0.29) is 0 Å². The van der Waals surface area contributed by atoms with Gasteiger partial charge in [0.15, 0.2) is 16.6 Å². The highest BCUT2D eigenvalue weighted by Crippen LogP contribution is 2.36. The van der Waals surface area contributed by atoms with Crippen molar-refractivity contribution in [2.75, 3.05) is 33.8 Å². The molecule has 0 spiro atoms. The summed E-state index contributed by atoms with van der Waals surface area (Å²) in [7, 11) is 6.48. The van der Waals surface area contributed by atoms with Gasteiger partial charge in [-0.25, -0.2) is 4.98 Å². The van der Waals surface area contributed by atoms with E-state index in [4.69, 9.17) is 18.9 Å². The second-order valence-corrected chi connectivity index (χ2v) is 6.16. The van der Waals surface area contributed by atoms with Gasteiger partial charge in [0, 0.05) is 17.0 Å². The van der Waals surface area contributed by atoms with E-state index in [9.17, 15) is 0 Å². The highest BCUT2D eigenvalue weighted by Gasteiger charge is 2.11. The molecule has 2 aromatic carbocycles. The molecule has 0 unspecified atom stereocenters. The van der Waals surface area contributed by atoms with Crippen LogP contribution in [0.1, 0.15) is 0 Å². The maximum Gasteiger partial charge on any atom is 0.187 e. The van der Waals surface area contributed by atoms with Crippen molar-refractivity contribution >= 4 is 22.2 Å². The molecule has 3 aromatic rings. The number of thiazole rings is 1. The summed E-state index contributed by atoms with van der Waals surface area (Å²) in [6.45, 7) is 0. The van der Waals surface area contributed by atoms with Crippen LogP contribution < -0.4 is 24.3 Å². The summed E-state index contributed by atoms with van der Waals surface area (Å²) in [6, 6.07) is 11.3. The first-order valence-electron chi connectivity index (χ1n) is 7.85. The topological polar surface area (TPSA) is 61.8 Å². The molecule has 1 heterocycles. The third-order valence-electron chi connectivity index (χ3n) is 3.83. The number of ether oxygens (including phenoxy) is 4. The lowest BCUT2D eigenvalue weighted by Crippen LogP contribution is -1.95. The molecule has 0 radical (unpaired) electrons. The molecular formula is C19H20N2O4S. The first kappa shape index (κ1) is 17.9. The molecule has 1 N–H and O–H groups in total.